The zero-order valence-corrected chi connectivity index (χ0v) is 16.8. The van der Waals surface area contributed by atoms with Crippen LogP contribution in [0.2, 0.25) is 0 Å². The van der Waals surface area contributed by atoms with Gasteiger partial charge in [-0.2, -0.15) is 0 Å². The second-order valence-corrected chi connectivity index (χ2v) is 6.99. The van der Waals surface area contributed by atoms with Crippen LogP contribution in [0.4, 0.5) is 0 Å². The van der Waals surface area contributed by atoms with Crippen LogP contribution in [0.15, 0.2) is 30.3 Å². The fourth-order valence-corrected chi connectivity index (χ4v) is 3.25. The smallest absolute Gasteiger partial charge is 0.307 e. The van der Waals surface area contributed by atoms with Crippen molar-refractivity contribution in [3.63, 3.8) is 0 Å². The molecule has 2 amide bonds. The summed E-state index contributed by atoms with van der Waals surface area (Å²) < 4.78 is 5.18. The van der Waals surface area contributed by atoms with Gasteiger partial charge < -0.3 is 15.4 Å². The molecule has 2 unspecified atom stereocenters. The summed E-state index contributed by atoms with van der Waals surface area (Å²) in [4.78, 5) is 38.7. The van der Waals surface area contributed by atoms with E-state index in [9.17, 15) is 14.4 Å². The Morgan fingerprint density at radius 1 is 1.29 bits per heavy atom. The summed E-state index contributed by atoms with van der Waals surface area (Å²) in [6.07, 6.45) is 2.46. The van der Waals surface area contributed by atoms with Gasteiger partial charge in [0.05, 0.1) is 25.6 Å². The molecule has 154 valence electrons. The summed E-state index contributed by atoms with van der Waals surface area (Å²) in [6, 6.07) is 9.04. The summed E-state index contributed by atoms with van der Waals surface area (Å²) >= 11 is 0. The molecular formula is C21H31N3O4. The topological polar surface area (TPSA) is 87.7 Å². The molecule has 1 saturated heterocycles. The van der Waals surface area contributed by atoms with Crippen molar-refractivity contribution in [3.8, 4) is 0 Å². The van der Waals surface area contributed by atoms with E-state index in [-0.39, 0.29) is 30.8 Å². The van der Waals surface area contributed by atoms with E-state index in [2.05, 4.69) is 10.6 Å². The molecule has 0 saturated carbocycles. The van der Waals surface area contributed by atoms with Gasteiger partial charge in [-0.15, -0.1) is 0 Å². The number of hydrogen-bond acceptors (Lipinski definition) is 5. The van der Waals surface area contributed by atoms with Gasteiger partial charge in [0.25, 0.3) is 0 Å². The van der Waals surface area contributed by atoms with Crippen LogP contribution in [0.5, 0.6) is 0 Å². The Hall–Kier alpha value is -2.41. The van der Waals surface area contributed by atoms with Gasteiger partial charge in [0.1, 0.15) is 6.04 Å². The van der Waals surface area contributed by atoms with Gasteiger partial charge in [-0.3, -0.25) is 19.3 Å². The van der Waals surface area contributed by atoms with Gasteiger partial charge in [-0.05, 0) is 18.4 Å². The molecule has 0 radical (unpaired) electrons. The van der Waals surface area contributed by atoms with Gasteiger partial charge in [-0.1, -0.05) is 50.6 Å². The molecule has 0 spiro atoms. The molecule has 1 aromatic rings. The molecule has 1 fully saturated rings. The number of carbonyl (C=O) groups is 3. The van der Waals surface area contributed by atoms with Crippen molar-refractivity contribution < 1.29 is 19.1 Å². The van der Waals surface area contributed by atoms with Crippen molar-refractivity contribution in [1.29, 1.82) is 0 Å². The highest BCUT2D eigenvalue weighted by Crippen LogP contribution is 2.16. The number of unbranched alkanes of at least 4 members (excludes halogenated alkanes) is 1. The standard InChI is InChI=1S/C21H31N3O4/c1-3-5-13-28-20(26)14-18-21(27)22-11-12-24(18)15-19(25)23-17(4-2)16-9-7-6-8-10-16/h6-10,17-18H,3-5,11-15H2,1-2H3,(H,22,27)(H,23,25). The minimum atomic E-state index is -0.676. The van der Waals surface area contributed by atoms with Gasteiger partial charge in [0.15, 0.2) is 0 Å². The van der Waals surface area contributed by atoms with Crippen molar-refractivity contribution in [2.45, 2.75) is 51.6 Å². The zero-order valence-electron chi connectivity index (χ0n) is 16.8. The molecule has 2 atom stereocenters. The lowest BCUT2D eigenvalue weighted by molar-refractivity contribution is -0.149. The Balaban J connectivity index is 1.94. The Bertz CT molecular complexity index is 650. The number of piperazine rings is 1. The lowest BCUT2D eigenvalue weighted by atomic mass is 10.0. The van der Waals surface area contributed by atoms with E-state index >= 15 is 0 Å². The van der Waals surface area contributed by atoms with Crippen LogP contribution in [-0.4, -0.2) is 55.0 Å². The summed E-state index contributed by atoms with van der Waals surface area (Å²) in [7, 11) is 0. The van der Waals surface area contributed by atoms with E-state index in [1.165, 1.54) is 0 Å². The van der Waals surface area contributed by atoms with Crippen LogP contribution in [0, 0.1) is 0 Å². The first-order chi connectivity index (χ1) is 13.5. The molecule has 1 aliphatic heterocycles. The third-order valence-corrected chi connectivity index (χ3v) is 4.85. The monoisotopic (exact) mass is 389 g/mol. The predicted molar refractivity (Wildman–Crippen MR) is 106 cm³/mol. The molecule has 2 rings (SSSR count). The maximum Gasteiger partial charge on any atom is 0.307 e. The third-order valence-electron chi connectivity index (χ3n) is 4.85. The number of hydrogen-bond donors (Lipinski definition) is 2. The van der Waals surface area contributed by atoms with Crippen molar-refractivity contribution in [2.75, 3.05) is 26.2 Å². The summed E-state index contributed by atoms with van der Waals surface area (Å²) in [6.45, 7) is 5.45. The molecule has 1 heterocycles. The Morgan fingerprint density at radius 2 is 2.04 bits per heavy atom. The zero-order chi connectivity index (χ0) is 20.4. The Morgan fingerprint density at radius 3 is 2.71 bits per heavy atom. The third kappa shape index (κ3) is 6.64. The first kappa shape index (κ1) is 21.9. The maximum absolute atomic E-state index is 12.6. The fraction of sp³-hybridized carbons (Fsp3) is 0.571. The van der Waals surface area contributed by atoms with E-state index < -0.39 is 12.0 Å². The molecular weight excluding hydrogens is 358 g/mol. The van der Waals surface area contributed by atoms with Crippen LogP contribution < -0.4 is 10.6 Å². The number of benzene rings is 1. The van der Waals surface area contributed by atoms with Crippen LogP contribution in [0.3, 0.4) is 0 Å². The van der Waals surface area contributed by atoms with E-state index in [1.807, 2.05) is 44.2 Å². The molecule has 0 aromatic heterocycles. The number of nitrogens with zero attached hydrogens (tertiary/aromatic N) is 1. The lowest BCUT2D eigenvalue weighted by Crippen LogP contribution is -2.58. The second kappa shape index (κ2) is 11.4. The Labute approximate surface area is 166 Å². The van der Waals surface area contributed by atoms with Gasteiger partial charge in [0.2, 0.25) is 11.8 Å². The van der Waals surface area contributed by atoms with E-state index in [0.29, 0.717) is 19.7 Å². The number of nitrogens with one attached hydrogen (secondary N) is 2. The molecule has 0 aliphatic carbocycles. The van der Waals surface area contributed by atoms with Crippen molar-refractivity contribution in [2.24, 2.45) is 0 Å². The molecule has 1 aromatic carbocycles. The highest BCUT2D eigenvalue weighted by Gasteiger charge is 2.33. The van der Waals surface area contributed by atoms with Crippen LogP contribution in [0.25, 0.3) is 0 Å². The summed E-state index contributed by atoms with van der Waals surface area (Å²) in [5.74, 6) is -0.798. The first-order valence-corrected chi connectivity index (χ1v) is 10.1. The lowest BCUT2D eigenvalue weighted by Gasteiger charge is -2.34. The minimum Gasteiger partial charge on any atom is -0.466 e. The minimum absolute atomic E-state index is 0.0429. The average Bonchev–Trinajstić information content (AvgIpc) is 2.69. The highest BCUT2D eigenvalue weighted by molar-refractivity contribution is 5.88. The molecule has 7 heteroatoms. The summed E-state index contributed by atoms with van der Waals surface area (Å²) in [5, 5.41) is 5.80. The molecule has 1 aliphatic rings. The number of esters is 1. The van der Waals surface area contributed by atoms with E-state index in [0.717, 1.165) is 24.8 Å². The van der Waals surface area contributed by atoms with Crippen molar-refractivity contribution in [1.82, 2.24) is 15.5 Å². The summed E-state index contributed by atoms with van der Waals surface area (Å²) in [5.41, 5.74) is 1.05. The maximum atomic E-state index is 12.6. The number of amides is 2. The van der Waals surface area contributed by atoms with Gasteiger partial charge in [0, 0.05) is 13.1 Å². The van der Waals surface area contributed by atoms with Crippen molar-refractivity contribution >= 4 is 17.8 Å². The Kier molecular flexibility index (Phi) is 8.94. The fourth-order valence-electron chi connectivity index (χ4n) is 3.25. The molecule has 2 N–H and O–H groups in total. The average molecular weight is 389 g/mol. The quantitative estimate of drug-likeness (QED) is 0.471. The normalized spacial score (nSPS) is 18.2. The number of carbonyl (C=O) groups excluding carboxylic acids is 3. The van der Waals surface area contributed by atoms with Gasteiger partial charge >= 0.3 is 5.97 Å². The number of ether oxygens (including phenoxy) is 1. The van der Waals surface area contributed by atoms with E-state index in [1.54, 1.807) is 4.90 Å². The van der Waals surface area contributed by atoms with Crippen LogP contribution in [-0.2, 0) is 19.1 Å². The molecule has 0 bridgehead atoms. The molecule has 28 heavy (non-hydrogen) atoms. The largest absolute Gasteiger partial charge is 0.466 e. The highest BCUT2D eigenvalue weighted by atomic mass is 16.5. The second-order valence-electron chi connectivity index (χ2n) is 6.99. The SMILES string of the molecule is CCCCOC(=O)CC1C(=O)NCCN1CC(=O)NC(CC)c1ccccc1. The predicted octanol–water partition coefficient (Wildman–Crippen LogP) is 1.79. The molecule has 7 nitrogen and oxygen atoms in total. The number of rotatable bonds is 10. The first-order valence-electron chi connectivity index (χ1n) is 10.1. The van der Waals surface area contributed by atoms with Crippen LogP contribution >= 0.6 is 0 Å². The van der Waals surface area contributed by atoms with Crippen molar-refractivity contribution in [3.05, 3.63) is 35.9 Å². The van der Waals surface area contributed by atoms with Crippen LogP contribution in [0.1, 0.15) is 51.1 Å². The van der Waals surface area contributed by atoms with E-state index in [4.69, 9.17) is 4.74 Å². The van der Waals surface area contributed by atoms with Gasteiger partial charge in [-0.25, -0.2) is 0 Å².